The molecule has 0 aromatic heterocycles. The van der Waals surface area contributed by atoms with Crippen LogP contribution < -0.4 is 5.32 Å². The van der Waals surface area contributed by atoms with E-state index in [1.54, 1.807) is 6.07 Å². The van der Waals surface area contributed by atoms with Crippen LogP contribution in [0.5, 0.6) is 0 Å². The van der Waals surface area contributed by atoms with E-state index in [1.807, 2.05) is 0 Å². The molecular weight excluding hydrogens is 521 g/mol. The number of urea groups is 1. The first-order chi connectivity index (χ1) is 19.3. The lowest BCUT2D eigenvalue weighted by molar-refractivity contribution is 0.118. The van der Waals surface area contributed by atoms with Crippen molar-refractivity contribution in [2.24, 2.45) is 5.92 Å². The van der Waals surface area contributed by atoms with Gasteiger partial charge in [0.25, 0.3) is 0 Å². The van der Waals surface area contributed by atoms with E-state index < -0.39 is 41.7 Å². The van der Waals surface area contributed by atoms with Crippen LogP contribution >= 0.6 is 0 Å². The average molecular weight is 553 g/mol. The number of nitrogens with one attached hydrogen (secondary N) is 1. The first-order valence-electron chi connectivity index (χ1n) is 14.0. The van der Waals surface area contributed by atoms with Crippen LogP contribution in [-0.2, 0) is 4.74 Å². The van der Waals surface area contributed by atoms with Gasteiger partial charge in [-0.05, 0) is 92.2 Å². The van der Waals surface area contributed by atoms with Crippen LogP contribution in [0.4, 0.5) is 22.8 Å². The summed E-state index contributed by atoms with van der Waals surface area (Å²) in [6.45, 7) is 1.45. The molecule has 210 valence electrons. The van der Waals surface area contributed by atoms with Crippen LogP contribution in [0.2, 0.25) is 0 Å². The number of cyclic esters (lactones) is 1. The van der Waals surface area contributed by atoms with Gasteiger partial charge in [-0.25, -0.2) is 27.7 Å². The Kier molecular flexibility index (Phi) is 7.17. The van der Waals surface area contributed by atoms with E-state index >= 15 is 0 Å². The molecule has 0 bridgehead atoms. The van der Waals surface area contributed by atoms with Gasteiger partial charge in [-0.1, -0.05) is 12.1 Å². The summed E-state index contributed by atoms with van der Waals surface area (Å²) >= 11 is 0. The van der Waals surface area contributed by atoms with Crippen LogP contribution in [0.15, 0.2) is 36.4 Å². The maximum atomic E-state index is 14.1. The molecule has 2 aromatic carbocycles. The van der Waals surface area contributed by atoms with Crippen molar-refractivity contribution < 1.29 is 27.5 Å². The number of hydrogen-bond donors (Lipinski definition) is 1. The van der Waals surface area contributed by atoms with Crippen molar-refractivity contribution in [3.63, 3.8) is 0 Å². The summed E-state index contributed by atoms with van der Waals surface area (Å²) in [5.74, 6) is -2.11. The van der Waals surface area contributed by atoms with E-state index in [2.05, 4.69) is 16.3 Å². The topological polar surface area (TPSA) is 85.7 Å². The minimum Gasteiger partial charge on any atom is -0.443 e. The third-order valence-corrected chi connectivity index (χ3v) is 8.95. The number of benzene rings is 2. The SMILES string of the molecule is N#Cc1cc(F)ccc1C1CCC(N2CCC(NC(=O)N3C(=O)O[C@@H](C4CC4)[C@@H]3c3ccc(F)c(F)c3)C2)CC1. The normalized spacial score (nSPS) is 28.8. The number of imide groups is 1. The molecule has 0 radical (unpaired) electrons. The van der Waals surface area contributed by atoms with Crippen LogP contribution in [0, 0.1) is 34.7 Å². The smallest absolute Gasteiger partial charge is 0.419 e. The molecule has 4 fully saturated rings. The Hall–Kier alpha value is -3.58. The van der Waals surface area contributed by atoms with Gasteiger partial charge in [-0.3, -0.25) is 4.90 Å². The summed E-state index contributed by atoms with van der Waals surface area (Å²) in [5.41, 5.74) is 1.65. The number of ether oxygens (including phenoxy) is 1. The molecule has 3 amide bonds. The maximum Gasteiger partial charge on any atom is 0.419 e. The average Bonchev–Trinajstić information content (AvgIpc) is 3.59. The van der Waals surface area contributed by atoms with Gasteiger partial charge in [0.15, 0.2) is 11.6 Å². The van der Waals surface area contributed by atoms with Crippen LogP contribution in [0.3, 0.4) is 0 Å². The highest BCUT2D eigenvalue weighted by atomic mass is 19.2. The monoisotopic (exact) mass is 552 g/mol. The molecule has 10 heteroatoms. The number of halogens is 3. The van der Waals surface area contributed by atoms with Crippen molar-refractivity contribution in [1.29, 1.82) is 5.26 Å². The van der Waals surface area contributed by atoms with Crippen molar-refractivity contribution in [3.8, 4) is 6.07 Å². The van der Waals surface area contributed by atoms with Gasteiger partial charge in [0, 0.05) is 25.2 Å². The minimum atomic E-state index is -1.03. The van der Waals surface area contributed by atoms with Gasteiger partial charge in [0.05, 0.1) is 11.6 Å². The van der Waals surface area contributed by atoms with Gasteiger partial charge in [0.1, 0.15) is 18.0 Å². The van der Waals surface area contributed by atoms with E-state index in [1.165, 1.54) is 18.2 Å². The standard InChI is InChI=1S/C30H31F3N4O3/c31-21-6-9-24(20(13-21)15-34)17-3-7-23(8-4-17)36-12-11-22(16-36)35-29(38)37-27(19-5-10-25(32)26(33)14-19)28(18-1-2-18)40-30(37)39/h5-6,9-10,13-14,17-18,22-23,27-28H,1-4,7-8,11-12,16H2,(H,35,38)/t17?,22?,23?,27-,28-/m0/s1. The fourth-order valence-electron chi connectivity index (χ4n) is 6.74. The molecule has 1 N–H and O–H groups in total. The lowest BCUT2D eigenvalue weighted by atomic mass is 9.80. The van der Waals surface area contributed by atoms with Crippen LogP contribution in [-0.4, -0.2) is 53.2 Å². The minimum absolute atomic E-state index is 0.0936. The summed E-state index contributed by atoms with van der Waals surface area (Å²) in [5, 5.41) is 12.4. The molecule has 2 saturated carbocycles. The highest BCUT2D eigenvalue weighted by molar-refractivity contribution is 5.93. The number of carbonyl (C=O) groups excluding carboxylic acids is 2. The number of rotatable bonds is 5. The van der Waals surface area contributed by atoms with E-state index in [4.69, 9.17) is 4.74 Å². The third-order valence-electron chi connectivity index (χ3n) is 8.95. The molecule has 4 aliphatic rings. The number of hydrogen-bond acceptors (Lipinski definition) is 5. The first-order valence-corrected chi connectivity index (χ1v) is 14.0. The van der Waals surface area contributed by atoms with Crippen molar-refractivity contribution in [2.45, 2.75) is 75.1 Å². The van der Waals surface area contributed by atoms with Gasteiger partial charge >= 0.3 is 12.1 Å². The molecule has 2 aliphatic carbocycles. The second kappa shape index (κ2) is 10.8. The molecule has 2 aromatic rings. The second-order valence-corrected chi connectivity index (χ2v) is 11.5. The number of amides is 3. The lowest BCUT2D eigenvalue weighted by Gasteiger charge is -2.35. The molecule has 2 heterocycles. The van der Waals surface area contributed by atoms with Gasteiger partial charge in [-0.2, -0.15) is 5.26 Å². The molecule has 2 saturated heterocycles. The van der Waals surface area contributed by atoms with Crippen LogP contribution in [0.25, 0.3) is 0 Å². The maximum absolute atomic E-state index is 14.1. The summed E-state index contributed by atoms with van der Waals surface area (Å²) in [4.78, 5) is 29.6. The second-order valence-electron chi connectivity index (χ2n) is 11.5. The molecular formula is C30H31F3N4O3. The summed E-state index contributed by atoms with van der Waals surface area (Å²) in [7, 11) is 0. The number of nitrogens with zero attached hydrogens (tertiary/aromatic N) is 3. The Bertz CT molecular complexity index is 1350. The zero-order valence-electron chi connectivity index (χ0n) is 22.0. The van der Waals surface area contributed by atoms with E-state index in [-0.39, 0.29) is 17.9 Å². The fourth-order valence-corrected chi connectivity index (χ4v) is 6.74. The van der Waals surface area contributed by atoms with Gasteiger partial charge in [0.2, 0.25) is 0 Å². The fraction of sp³-hybridized carbons (Fsp3) is 0.500. The van der Waals surface area contributed by atoms with E-state index in [0.717, 1.165) is 74.1 Å². The Balaban J connectivity index is 1.08. The summed E-state index contributed by atoms with van der Waals surface area (Å²) < 4.78 is 46.8. The Morgan fingerprint density at radius 1 is 0.975 bits per heavy atom. The number of likely N-dealkylation sites (tertiary alicyclic amines) is 1. The quantitative estimate of drug-likeness (QED) is 0.510. The predicted octanol–water partition coefficient (Wildman–Crippen LogP) is 5.76. The van der Waals surface area contributed by atoms with Crippen molar-refractivity contribution in [1.82, 2.24) is 15.1 Å². The van der Waals surface area contributed by atoms with Crippen molar-refractivity contribution in [2.75, 3.05) is 13.1 Å². The molecule has 6 rings (SSSR count). The molecule has 2 aliphatic heterocycles. The number of nitriles is 1. The molecule has 1 unspecified atom stereocenters. The zero-order chi connectivity index (χ0) is 28.0. The zero-order valence-corrected chi connectivity index (χ0v) is 22.0. The van der Waals surface area contributed by atoms with Gasteiger partial charge < -0.3 is 10.1 Å². The Morgan fingerprint density at radius 2 is 1.75 bits per heavy atom. The Labute approximate surface area is 230 Å². The first kappa shape index (κ1) is 26.6. The molecule has 0 spiro atoms. The molecule has 40 heavy (non-hydrogen) atoms. The molecule has 7 nitrogen and oxygen atoms in total. The molecule has 3 atom stereocenters. The summed E-state index contributed by atoms with van der Waals surface area (Å²) in [6.07, 6.45) is 4.76. The number of carbonyl (C=O) groups is 2. The lowest BCUT2D eigenvalue weighted by Crippen LogP contribution is -2.48. The van der Waals surface area contributed by atoms with Gasteiger partial charge in [-0.15, -0.1) is 0 Å². The van der Waals surface area contributed by atoms with E-state index in [9.17, 15) is 28.0 Å². The highest BCUT2D eigenvalue weighted by Gasteiger charge is 2.52. The van der Waals surface area contributed by atoms with Crippen LogP contribution in [0.1, 0.15) is 73.6 Å². The largest absolute Gasteiger partial charge is 0.443 e. The Morgan fingerprint density at radius 3 is 2.45 bits per heavy atom. The third kappa shape index (κ3) is 5.15. The highest BCUT2D eigenvalue weighted by Crippen LogP contribution is 2.46. The predicted molar refractivity (Wildman–Crippen MR) is 139 cm³/mol. The summed E-state index contributed by atoms with van der Waals surface area (Å²) in [6, 6.07) is 8.79. The van der Waals surface area contributed by atoms with Crippen molar-refractivity contribution in [3.05, 3.63) is 70.5 Å². The van der Waals surface area contributed by atoms with E-state index in [0.29, 0.717) is 23.7 Å². The van der Waals surface area contributed by atoms with Crippen molar-refractivity contribution >= 4 is 12.1 Å².